The Bertz CT molecular complexity index is 1090. The molecule has 176 valence electrons. The first-order chi connectivity index (χ1) is 15.3. The lowest BCUT2D eigenvalue weighted by Gasteiger charge is -2.30. The fourth-order valence-corrected chi connectivity index (χ4v) is 4.02. The molecule has 2 unspecified atom stereocenters. The van der Waals surface area contributed by atoms with E-state index in [2.05, 4.69) is 10.3 Å². The van der Waals surface area contributed by atoms with Crippen LogP contribution in [0.2, 0.25) is 0 Å². The fraction of sp³-hybridized carbons (Fsp3) is 0.417. The zero-order valence-corrected chi connectivity index (χ0v) is 18.9. The van der Waals surface area contributed by atoms with Crippen LogP contribution in [0, 0.1) is 28.9 Å². The summed E-state index contributed by atoms with van der Waals surface area (Å²) in [6.45, 7) is 6.77. The lowest BCUT2D eigenvalue weighted by molar-refractivity contribution is -0.134. The summed E-state index contributed by atoms with van der Waals surface area (Å²) in [6.07, 6.45) is 1.67. The molecule has 0 spiro atoms. The summed E-state index contributed by atoms with van der Waals surface area (Å²) in [5.41, 5.74) is 5.74. The van der Waals surface area contributed by atoms with Crippen LogP contribution in [-0.2, 0) is 14.4 Å². The first kappa shape index (κ1) is 24.4. The van der Waals surface area contributed by atoms with Crippen LogP contribution < -0.4 is 11.1 Å². The van der Waals surface area contributed by atoms with Crippen molar-refractivity contribution in [3.8, 4) is 0 Å². The monoisotopic (exact) mass is 459 g/mol. The van der Waals surface area contributed by atoms with Gasteiger partial charge in [-0.25, -0.2) is 13.8 Å². The van der Waals surface area contributed by atoms with Gasteiger partial charge in [0.1, 0.15) is 17.5 Å². The summed E-state index contributed by atoms with van der Waals surface area (Å²) < 4.78 is 26.9. The zero-order valence-electron chi connectivity index (χ0n) is 18.9. The van der Waals surface area contributed by atoms with Gasteiger partial charge >= 0.3 is 0 Å². The van der Waals surface area contributed by atoms with Crippen molar-refractivity contribution in [1.82, 2.24) is 5.32 Å². The van der Waals surface area contributed by atoms with Crippen molar-refractivity contribution < 1.29 is 28.3 Å². The van der Waals surface area contributed by atoms with Crippen molar-refractivity contribution in [3.63, 3.8) is 0 Å². The number of amides is 1. The number of hydrogen-bond acceptors (Lipinski definition) is 6. The van der Waals surface area contributed by atoms with E-state index in [-0.39, 0.29) is 29.2 Å². The molecule has 33 heavy (non-hydrogen) atoms. The maximum absolute atomic E-state index is 13.5. The first-order valence-electron chi connectivity index (χ1n) is 10.6. The van der Waals surface area contributed by atoms with Gasteiger partial charge in [0.05, 0.1) is 17.7 Å². The molecule has 1 aromatic carbocycles. The van der Waals surface area contributed by atoms with Crippen molar-refractivity contribution >= 4 is 23.3 Å². The second kappa shape index (κ2) is 8.97. The average Bonchev–Trinajstić information content (AvgIpc) is 2.83. The number of aliphatic hydroxyl groups excluding tert-OH is 1. The number of aliphatic hydroxyl groups is 1. The predicted molar refractivity (Wildman–Crippen MR) is 118 cm³/mol. The van der Waals surface area contributed by atoms with Crippen LogP contribution in [0.15, 0.2) is 46.6 Å². The molecule has 0 bridgehead atoms. The van der Waals surface area contributed by atoms with E-state index in [1.807, 2.05) is 13.8 Å². The van der Waals surface area contributed by atoms with Crippen LogP contribution in [0.4, 0.5) is 8.78 Å². The van der Waals surface area contributed by atoms with E-state index >= 15 is 0 Å². The van der Waals surface area contributed by atoms with E-state index in [9.17, 15) is 28.3 Å². The highest BCUT2D eigenvalue weighted by molar-refractivity contribution is 6.08. The SMILES string of the molecule is CC1C=CC2=C(C1=O)C(C(=O)[C@H](C)NC(=O)[C@@H](O)c1cc(F)cc(F)c1)CC(C)(C)C(N)=N2. The number of rotatable bonds is 5. The quantitative estimate of drug-likeness (QED) is 0.625. The number of carbonyl (C=O) groups excluding carboxylic acids is 3. The minimum absolute atomic E-state index is 0.199. The Hall–Kier alpha value is -3.20. The molecule has 0 radical (unpaired) electrons. The van der Waals surface area contributed by atoms with Gasteiger partial charge in [-0.1, -0.05) is 26.8 Å². The molecule has 1 aliphatic heterocycles. The molecule has 0 fully saturated rings. The van der Waals surface area contributed by atoms with E-state index in [0.717, 1.165) is 12.1 Å². The second-order valence-electron chi connectivity index (χ2n) is 9.19. The lowest BCUT2D eigenvalue weighted by Crippen LogP contribution is -2.46. The molecule has 7 nitrogen and oxygen atoms in total. The van der Waals surface area contributed by atoms with Crippen molar-refractivity contribution in [1.29, 1.82) is 0 Å². The Morgan fingerprint density at radius 2 is 1.85 bits per heavy atom. The van der Waals surface area contributed by atoms with E-state index < -0.39 is 52.7 Å². The third-order valence-corrected chi connectivity index (χ3v) is 6.07. The number of Topliss-reactive ketones (excluding diaryl/α,β-unsaturated/α-hetero) is 2. The van der Waals surface area contributed by atoms with Crippen LogP contribution in [0.25, 0.3) is 0 Å². The third-order valence-electron chi connectivity index (χ3n) is 6.07. The van der Waals surface area contributed by atoms with Gasteiger partial charge in [0, 0.05) is 23.0 Å². The molecular formula is C24H27F2N3O4. The van der Waals surface area contributed by atoms with Crippen LogP contribution in [0.5, 0.6) is 0 Å². The van der Waals surface area contributed by atoms with E-state index in [4.69, 9.17) is 5.73 Å². The number of nitrogens with two attached hydrogens (primary N) is 1. The molecule has 1 amide bonds. The number of ketones is 2. The molecule has 1 heterocycles. The molecule has 1 aliphatic carbocycles. The van der Waals surface area contributed by atoms with Gasteiger partial charge in [-0.3, -0.25) is 14.4 Å². The van der Waals surface area contributed by atoms with Crippen molar-refractivity contribution in [3.05, 3.63) is 58.8 Å². The number of amidine groups is 1. The largest absolute Gasteiger partial charge is 0.387 e. The molecular weight excluding hydrogens is 432 g/mol. The molecule has 4 atom stereocenters. The summed E-state index contributed by atoms with van der Waals surface area (Å²) in [5, 5.41) is 12.6. The summed E-state index contributed by atoms with van der Waals surface area (Å²) in [4.78, 5) is 43.3. The van der Waals surface area contributed by atoms with Gasteiger partial charge in [-0.2, -0.15) is 0 Å². The van der Waals surface area contributed by atoms with Crippen molar-refractivity contribution in [2.45, 2.75) is 46.3 Å². The minimum Gasteiger partial charge on any atom is -0.387 e. The van der Waals surface area contributed by atoms with Crippen LogP contribution in [0.1, 0.15) is 45.8 Å². The van der Waals surface area contributed by atoms with Gasteiger partial charge in [-0.05, 0) is 37.1 Å². The Labute approximate surface area is 190 Å². The highest BCUT2D eigenvalue weighted by atomic mass is 19.1. The van der Waals surface area contributed by atoms with Crippen molar-refractivity contribution in [2.75, 3.05) is 0 Å². The molecule has 3 rings (SSSR count). The molecule has 1 aromatic rings. The van der Waals surface area contributed by atoms with Gasteiger partial charge in [0.25, 0.3) is 5.91 Å². The van der Waals surface area contributed by atoms with Gasteiger partial charge in [0.15, 0.2) is 17.7 Å². The number of nitrogens with zero attached hydrogens (tertiary/aromatic N) is 1. The van der Waals surface area contributed by atoms with Gasteiger partial charge in [-0.15, -0.1) is 0 Å². The molecule has 0 aromatic heterocycles. The summed E-state index contributed by atoms with van der Waals surface area (Å²) in [7, 11) is 0. The number of hydrogen-bond donors (Lipinski definition) is 3. The third kappa shape index (κ3) is 4.93. The maximum atomic E-state index is 13.5. The Kier molecular flexibility index (Phi) is 6.65. The fourth-order valence-electron chi connectivity index (χ4n) is 4.02. The van der Waals surface area contributed by atoms with Crippen molar-refractivity contribution in [2.24, 2.45) is 28.0 Å². The molecule has 0 saturated carbocycles. The average molecular weight is 459 g/mol. The lowest BCUT2D eigenvalue weighted by atomic mass is 9.73. The molecule has 9 heteroatoms. The summed E-state index contributed by atoms with van der Waals surface area (Å²) in [5.74, 6) is -4.63. The normalized spacial score (nSPS) is 23.8. The number of carbonyl (C=O) groups is 3. The number of benzene rings is 1. The minimum atomic E-state index is -1.89. The Balaban J connectivity index is 1.87. The van der Waals surface area contributed by atoms with Crippen LogP contribution in [-0.4, -0.2) is 34.5 Å². The van der Waals surface area contributed by atoms with E-state index in [1.54, 1.807) is 19.1 Å². The van der Waals surface area contributed by atoms with E-state index in [1.165, 1.54) is 6.92 Å². The predicted octanol–water partition coefficient (Wildman–Crippen LogP) is 2.50. The number of allylic oxidation sites excluding steroid dienone is 3. The second-order valence-corrected chi connectivity index (χ2v) is 9.19. The van der Waals surface area contributed by atoms with E-state index in [0.29, 0.717) is 11.8 Å². The number of halogens is 2. The van der Waals surface area contributed by atoms with Crippen LogP contribution >= 0.6 is 0 Å². The number of nitrogens with one attached hydrogen (secondary N) is 1. The number of aliphatic imine (C=N–C) groups is 1. The smallest absolute Gasteiger partial charge is 0.254 e. The zero-order chi connectivity index (χ0) is 24.7. The summed E-state index contributed by atoms with van der Waals surface area (Å²) in [6, 6.07) is 1.18. The van der Waals surface area contributed by atoms with Crippen LogP contribution in [0.3, 0.4) is 0 Å². The Morgan fingerprint density at radius 3 is 2.45 bits per heavy atom. The highest BCUT2D eigenvalue weighted by Crippen LogP contribution is 2.39. The van der Waals surface area contributed by atoms with Gasteiger partial charge in [0.2, 0.25) is 0 Å². The molecule has 4 N–H and O–H groups in total. The summed E-state index contributed by atoms with van der Waals surface area (Å²) >= 11 is 0. The van der Waals surface area contributed by atoms with Gasteiger partial charge < -0.3 is 16.2 Å². The molecule has 2 aliphatic rings. The molecule has 0 saturated heterocycles. The maximum Gasteiger partial charge on any atom is 0.254 e. The highest BCUT2D eigenvalue weighted by Gasteiger charge is 2.42. The Morgan fingerprint density at radius 1 is 1.24 bits per heavy atom. The standard InChI is InChI=1S/C24H27F2N3O4/c1-11-5-6-17-18(19(11)30)16(10-24(3,4)23(27)29-17)20(31)12(2)28-22(33)21(32)13-7-14(25)9-15(26)8-13/h5-9,11-12,16,21,32H,10H2,1-4H3,(H2,27,29)(H,28,33)/t11?,12-,16?,21-/m0/s1. The topological polar surface area (TPSA) is 122 Å². The first-order valence-corrected chi connectivity index (χ1v) is 10.6.